The Kier molecular flexibility index (Phi) is 6.37. The number of ether oxygens (including phenoxy) is 2. The van der Waals surface area contributed by atoms with E-state index in [9.17, 15) is 9.50 Å². The zero-order valence-electron chi connectivity index (χ0n) is 22.4. The van der Waals surface area contributed by atoms with Crippen LogP contribution in [0.25, 0.3) is 32.9 Å². The molecule has 6 rings (SSSR count). The van der Waals surface area contributed by atoms with Crippen LogP contribution in [0, 0.1) is 11.6 Å². The number of nitrogens with zero attached hydrogens (tertiary/aromatic N) is 4. The number of pyridine rings is 1. The van der Waals surface area contributed by atoms with Gasteiger partial charge in [-0.2, -0.15) is 9.97 Å². The predicted molar refractivity (Wildman–Crippen MR) is 146 cm³/mol. The number of piperazine rings is 1. The second-order valence-corrected chi connectivity index (χ2v) is 10.5. The first kappa shape index (κ1) is 25.5. The maximum Gasteiger partial charge on any atom is 0.318 e. The molecule has 39 heavy (non-hydrogen) atoms. The molecular weight excluding hydrogens is 504 g/mol. The molecule has 0 spiro atoms. The number of benzene rings is 2. The molecule has 4 aromatic rings. The molecule has 0 aliphatic carbocycles. The Hall–Kier alpha value is -3.79. The average Bonchev–Trinajstić information content (AvgIpc) is 3.26. The maximum atomic E-state index is 16.6. The van der Waals surface area contributed by atoms with Gasteiger partial charge in [-0.15, -0.1) is 0 Å². The van der Waals surface area contributed by atoms with Gasteiger partial charge in [0.15, 0.2) is 5.82 Å². The third-order valence-electron chi connectivity index (χ3n) is 7.52. The van der Waals surface area contributed by atoms with Gasteiger partial charge >= 0.3 is 6.01 Å². The smallest absolute Gasteiger partial charge is 0.318 e. The van der Waals surface area contributed by atoms with Crippen LogP contribution in [0.5, 0.6) is 17.6 Å². The van der Waals surface area contributed by atoms with Gasteiger partial charge in [-0.25, -0.2) is 13.8 Å². The molecule has 2 aromatic carbocycles. The van der Waals surface area contributed by atoms with E-state index in [1.54, 1.807) is 6.07 Å². The Labute approximate surface area is 225 Å². The van der Waals surface area contributed by atoms with Gasteiger partial charge in [0, 0.05) is 30.7 Å². The number of nitrogens with one attached hydrogen (secondary N) is 1. The van der Waals surface area contributed by atoms with Gasteiger partial charge in [-0.3, -0.25) is 0 Å². The highest BCUT2D eigenvalue weighted by atomic mass is 19.1. The summed E-state index contributed by atoms with van der Waals surface area (Å²) in [5, 5.41) is 15.6. The Morgan fingerprint density at radius 1 is 1.08 bits per heavy atom. The number of rotatable bonds is 6. The summed E-state index contributed by atoms with van der Waals surface area (Å²) in [4.78, 5) is 15.9. The summed E-state index contributed by atoms with van der Waals surface area (Å²) in [7, 11) is 1.44. The first-order valence-electron chi connectivity index (χ1n) is 13.3. The van der Waals surface area contributed by atoms with Crippen molar-refractivity contribution in [2.24, 2.45) is 0 Å². The fourth-order valence-corrected chi connectivity index (χ4v) is 5.91. The lowest BCUT2D eigenvalue weighted by atomic mass is 9.94. The van der Waals surface area contributed by atoms with Gasteiger partial charge in [0.25, 0.3) is 0 Å². The van der Waals surface area contributed by atoms with Crippen LogP contribution in [-0.4, -0.2) is 58.4 Å². The number of halogens is 2. The van der Waals surface area contributed by atoms with Gasteiger partial charge in [-0.05, 0) is 67.6 Å². The van der Waals surface area contributed by atoms with Gasteiger partial charge in [0.2, 0.25) is 5.88 Å². The van der Waals surface area contributed by atoms with E-state index in [2.05, 4.69) is 25.2 Å². The first-order valence-corrected chi connectivity index (χ1v) is 13.3. The second-order valence-electron chi connectivity index (χ2n) is 10.5. The lowest BCUT2D eigenvalue weighted by Gasteiger charge is -2.34. The van der Waals surface area contributed by atoms with E-state index >= 15 is 4.39 Å². The van der Waals surface area contributed by atoms with E-state index in [0.717, 1.165) is 12.8 Å². The predicted octanol–water partition coefficient (Wildman–Crippen LogP) is 5.13. The van der Waals surface area contributed by atoms with E-state index in [1.165, 1.54) is 25.3 Å². The Balaban J connectivity index is 1.67. The first-order chi connectivity index (χ1) is 18.8. The average molecular weight is 536 g/mol. The molecule has 0 radical (unpaired) electrons. The molecular formula is C29H31F2N5O3. The Morgan fingerprint density at radius 3 is 2.49 bits per heavy atom. The molecule has 0 amide bonds. The standard InChI is InChI=1S/C29H31F2N5O3/c1-5-19-21(30)9-6-15-10-18(37)11-20(22(15)19)25-24(31)26-23(28(33-25)39-14(2)3)27(35-29(34-26)38-4)36-12-16-7-8-17(13-36)32-16/h6,9-11,14,16-17,32,37H,5,7-8,12-13H2,1-4H3. The molecule has 2 bridgehead atoms. The van der Waals surface area contributed by atoms with Crippen LogP contribution in [0.1, 0.15) is 39.2 Å². The molecule has 2 unspecified atom stereocenters. The van der Waals surface area contributed by atoms with Crippen molar-refractivity contribution in [1.82, 2.24) is 20.3 Å². The highest BCUT2D eigenvalue weighted by Crippen LogP contribution is 2.42. The molecule has 4 heterocycles. The summed E-state index contributed by atoms with van der Waals surface area (Å²) >= 11 is 0. The fraction of sp³-hybridized carbons (Fsp3) is 0.414. The molecule has 2 saturated heterocycles. The van der Waals surface area contributed by atoms with Crippen LogP contribution in [0.2, 0.25) is 0 Å². The highest BCUT2D eigenvalue weighted by Gasteiger charge is 2.35. The van der Waals surface area contributed by atoms with E-state index in [4.69, 9.17) is 9.47 Å². The van der Waals surface area contributed by atoms with Gasteiger partial charge in [-0.1, -0.05) is 13.0 Å². The SMILES string of the molecule is CCc1c(F)ccc2cc(O)cc(-c3nc(OC(C)C)c4c(N5CC6CCC(C5)N6)nc(OC)nc4c3F)c12. The number of aryl methyl sites for hydroxylation is 1. The monoisotopic (exact) mass is 535 g/mol. The van der Waals surface area contributed by atoms with Crippen LogP contribution >= 0.6 is 0 Å². The van der Waals surface area contributed by atoms with E-state index in [0.29, 0.717) is 59.1 Å². The largest absolute Gasteiger partial charge is 0.508 e. The third kappa shape index (κ3) is 4.36. The highest BCUT2D eigenvalue weighted by molar-refractivity contribution is 6.03. The van der Waals surface area contributed by atoms with Crippen molar-refractivity contribution in [1.29, 1.82) is 0 Å². The molecule has 2 aliphatic rings. The summed E-state index contributed by atoms with van der Waals surface area (Å²) in [6, 6.07) is 6.51. The number of anilines is 1. The maximum absolute atomic E-state index is 16.6. The normalized spacial score (nSPS) is 18.9. The van der Waals surface area contributed by atoms with Crippen LogP contribution in [-0.2, 0) is 6.42 Å². The number of aromatic hydroxyl groups is 1. The van der Waals surface area contributed by atoms with E-state index in [-0.39, 0.29) is 40.5 Å². The number of methoxy groups -OCH3 is 1. The minimum absolute atomic E-state index is 0.00526. The summed E-state index contributed by atoms with van der Waals surface area (Å²) in [5.74, 6) is -0.539. The molecule has 10 heteroatoms. The third-order valence-corrected chi connectivity index (χ3v) is 7.52. The van der Waals surface area contributed by atoms with Crippen molar-refractivity contribution >= 4 is 27.5 Å². The van der Waals surface area contributed by atoms with Crippen molar-refractivity contribution in [3.63, 3.8) is 0 Å². The number of hydrogen-bond donors (Lipinski definition) is 2. The molecule has 8 nitrogen and oxygen atoms in total. The van der Waals surface area contributed by atoms with E-state index in [1.807, 2.05) is 20.8 Å². The number of phenols is 1. The molecule has 2 aromatic heterocycles. The minimum atomic E-state index is -0.723. The summed E-state index contributed by atoms with van der Waals surface area (Å²) in [6.45, 7) is 6.95. The van der Waals surface area contributed by atoms with Crippen molar-refractivity contribution in [3.05, 3.63) is 41.5 Å². The molecule has 2 fully saturated rings. The lowest BCUT2D eigenvalue weighted by molar-refractivity contribution is 0.236. The number of fused-ring (bicyclic) bond motifs is 4. The van der Waals surface area contributed by atoms with Crippen LogP contribution < -0.4 is 19.7 Å². The van der Waals surface area contributed by atoms with Crippen molar-refractivity contribution in [2.75, 3.05) is 25.1 Å². The van der Waals surface area contributed by atoms with Gasteiger partial charge in [0.1, 0.15) is 34.0 Å². The second kappa shape index (κ2) is 9.75. The van der Waals surface area contributed by atoms with Gasteiger partial charge in [0.05, 0.1) is 13.2 Å². The van der Waals surface area contributed by atoms with Gasteiger partial charge < -0.3 is 24.8 Å². The van der Waals surface area contributed by atoms with Crippen LogP contribution in [0.4, 0.5) is 14.6 Å². The summed E-state index contributed by atoms with van der Waals surface area (Å²) in [5.41, 5.74) is 0.571. The Bertz CT molecular complexity index is 1580. The number of phenolic OH excluding ortho intramolecular Hbond substituents is 1. The lowest BCUT2D eigenvalue weighted by Crippen LogP contribution is -2.51. The van der Waals surface area contributed by atoms with Crippen LogP contribution in [0.3, 0.4) is 0 Å². The molecule has 2 N–H and O–H groups in total. The Morgan fingerprint density at radius 2 is 1.82 bits per heavy atom. The minimum Gasteiger partial charge on any atom is -0.508 e. The van der Waals surface area contributed by atoms with Crippen molar-refractivity contribution in [2.45, 2.75) is 58.2 Å². The molecule has 204 valence electrons. The number of aromatic nitrogens is 3. The molecule has 2 atom stereocenters. The van der Waals surface area contributed by atoms with Crippen LogP contribution in [0.15, 0.2) is 24.3 Å². The zero-order valence-corrected chi connectivity index (χ0v) is 22.4. The van der Waals surface area contributed by atoms with Crippen molar-refractivity contribution < 1.29 is 23.4 Å². The van der Waals surface area contributed by atoms with Crippen molar-refractivity contribution in [3.8, 4) is 28.9 Å². The summed E-state index contributed by atoms with van der Waals surface area (Å²) < 4.78 is 43.1. The topological polar surface area (TPSA) is 92.6 Å². The molecule has 2 aliphatic heterocycles. The fourth-order valence-electron chi connectivity index (χ4n) is 5.91. The van der Waals surface area contributed by atoms with E-state index < -0.39 is 11.6 Å². The quantitative estimate of drug-likeness (QED) is 0.351. The molecule has 0 saturated carbocycles. The number of hydrogen-bond acceptors (Lipinski definition) is 8. The summed E-state index contributed by atoms with van der Waals surface area (Å²) in [6.07, 6.45) is 2.22. The zero-order chi connectivity index (χ0) is 27.4.